The Morgan fingerprint density at radius 1 is 1.10 bits per heavy atom. The van der Waals surface area contributed by atoms with Crippen molar-refractivity contribution in [3.05, 3.63) is 35.4 Å². The van der Waals surface area contributed by atoms with Gasteiger partial charge in [0, 0.05) is 39.1 Å². The van der Waals surface area contributed by atoms with Crippen LogP contribution in [0.5, 0.6) is 0 Å². The Hall–Kier alpha value is -2.13. The number of carbonyl (C=O) groups excluding carboxylic acids is 1. The molecule has 0 spiro atoms. The lowest BCUT2D eigenvalue weighted by molar-refractivity contribution is -0.121. The summed E-state index contributed by atoms with van der Waals surface area (Å²) in [4.78, 5) is 18.7. The SMILES string of the molecule is CN=C(NCCC(=O)NC1CCS(=O)(=O)C1)NCc1ccc(CN2CCCCC2)cc1. The zero-order chi connectivity index (χ0) is 22.1. The molecule has 9 heteroatoms. The Morgan fingerprint density at radius 3 is 2.45 bits per heavy atom. The Kier molecular flexibility index (Phi) is 8.71. The normalized spacial score (nSPS) is 21.6. The average molecular weight is 450 g/mol. The third kappa shape index (κ3) is 8.14. The summed E-state index contributed by atoms with van der Waals surface area (Å²) in [7, 11) is -1.29. The fourth-order valence-corrected chi connectivity index (χ4v) is 5.72. The minimum Gasteiger partial charge on any atom is -0.356 e. The summed E-state index contributed by atoms with van der Waals surface area (Å²) in [6.07, 6.45) is 4.73. The summed E-state index contributed by atoms with van der Waals surface area (Å²) in [5.41, 5.74) is 2.51. The van der Waals surface area contributed by atoms with Crippen LogP contribution >= 0.6 is 0 Å². The van der Waals surface area contributed by atoms with Gasteiger partial charge in [0.05, 0.1) is 11.5 Å². The first kappa shape index (κ1) is 23.5. The summed E-state index contributed by atoms with van der Waals surface area (Å²) >= 11 is 0. The number of aliphatic imine (C=N–C) groups is 1. The molecule has 31 heavy (non-hydrogen) atoms. The van der Waals surface area contributed by atoms with Crippen LogP contribution < -0.4 is 16.0 Å². The van der Waals surface area contributed by atoms with Gasteiger partial charge in [-0.3, -0.25) is 14.7 Å². The molecule has 0 radical (unpaired) electrons. The summed E-state index contributed by atoms with van der Waals surface area (Å²) in [6, 6.07) is 8.41. The molecule has 2 aliphatic heterocycles. The van der Waals surface area contributed by atoms with E-state index in [1.165, 1.54) is 43.5 Å². The summed E-state index contributed by atoms with van der Waals surface area (Å²) in [5, 5.41) is 9.19. The van der Waals surface area contributed by atoms with Crippen LogP contribution in [0.4, 0.5) is 0 Å². The van der Waals surface area contributed by atoms with Crippen LogP contribution in [0.15, 0.2) is 29.3 Å². The number of benzene rings is 1. The lowest BCUT2D eigenvalue weighted by Gasteiger charge is -2.26. The number of amides is 1. The largest absolute Gasteiger partial charge is 0.356 e. The first-order valence-electron chi connectivity index (χ1n) is 11.2. The van der Waals surface area contributed by atoms with Gasteiger partial charge in [-0.25, -0.2) is 8.42 Å². The molecule has 1 aromatic carbocycles. The fraction of sp³-hybridized carbons (Fsp3) is 0.636. The highest BCUT2D eigenvalue weighted by molar-refractivity contribution is 7.91. The van der Waals surface area contributed by atoms with Gasteiger partial charge in [-0.15, -0.1) is 0 Å². The maximum Gasteiger partial charge on any atom is 0.222 e. The maximum atomic E-state index is 12.0. The highest BCUT2D eigenvalue weighted by Crippen LogP contribution is 2.14. The van der Waals surface area contributed by atoms with E-state index < -0.39 is 9.84 Å². The molecule has 1 amide bonds. The molecule has 1 aromatic rings. The number of hydrogen-bond acceptors (Lipinski definition) is 5. The molecular weight excluding hydrogens is 414 g/mol. The van der Waals surface area contributed by atoms with Crippen molar-refractivity contribution in [1.82, 2.24) is 20.9 Å². The van der Waals surface area contributed by atoms with Crippen LogP contribution in [0.25, 0.3) is 0 Å². The average Bonchev–Trinajstić information content (AvgIpc) is 3.10. The van der Waals surface area contributed by atoms with Gasteiger partial charge in [0.2, 0.25) is 5.91 Å². The Labute approximate surface area is 185 Å². The highest BCUT2D eigenvalue weighted by Gasteiger charge is 2.28. The molecule has 3 N–H and O–H groups in total. The molecule has 1 unspecified atom stereocenters. The van der Waals surface area contributed by atoms with Gasteiger partial charge in [-0.2, -0.15) is 0 Å². The predicted octanol–water partition coefficient (Wildman–Crippen LogP) is 1.03. The van der Waals surface area contributed by atoms with Crippen molar-refractivity contribution in [2.45, 2.75) is 51.2 Å². The van der Waals surface area contributed by atoms with Crippen LogP contribution in [0.2, 0.25) is 0 Å². The number of carbonyl (C=O) groups is 1. The molecule has 2 fully saturated rings. The second-order valence-electron chi connectivity index (χ2n) is 8.42. The quantitative estimate of drug-likeness (QED) is 0.405. The third-order valence-electron chi connectivity index (χ3n) is 5.80. The molecule has 0 bridgehead atoms. The molecule has 2 heterocycles. The summed E-state index contributed by atoms with van der Waals surface area (Å²) in [5.74, 6) is 0.695. The van der Waals surface area contributed by atoms with Crippen molar-refractivity contribution in [2.24, 2.45) is 4.99 Å². The van der Waals surface area contributed by atoms with Gasteiger partial charge in [-0.1, -0.05) is 30.7 Å². The van der Waals surface area contributed by atoms with Crippen LogP contribution in [0, 0.1) is 0 Å². The number of nitrogens with one attached hydrogen (secondary N) is 3. The van der Waals surface area contributed by atoms with Gasteiger partial charge < -0.3 is 16.0 Å². The predicted molar refractivity (Wildman–Crippen MR) is 124 cm³/mol. The van der Waals surface area contributed by atoms with Crippen molar-refractivity contribution < 1.29 is 13.2 Å². The monoisotopic (exact) mass is 449 g/mol. The molecular formula is C22H35N5O3S. The molecule has 0 saturated carbocycles. The van der Waals surface area contributed by atoms with Crippen molar-refractivity contribution in [2.75, 3.05) is 38.2 Å². The van der Waals surface area contributed by atoms with E-state index in [0.29, 0.717) is 25.5 Å². The van der Waals surface area contributed by atoms with E-state index in [-0.39, 0.29) is 29.9 Å². The van der Waals surface area contributed by atoms with E-state index in [2.05, 4.69) is 50.1 Å². The Balaban J connectivity index is 1.34. The zero-order valence-electron chi connectivity index (χ0n) is 18.4. The van der Waals surface area contributed by atoms with Crippen molar-refractivity contribution in [3.63, 3.8) is 0 Å². The first-order chi connectivity index (χ1) is 14.9. The highest BCUT2D eigenvalue weighted by atomic mass is 32.2. The first-order valence-corrected chi connectivity index (χ1v) is 13.0. The van der Waals surface area contributed by atoms with Gasteiger partial charge in [0.15, 0.2) is 15.8 Å². The van der Waals surface area contributed by atoms with E-state index >= 15 is 0 Å². The third-order valence-corrected chi connectivity index (χ3v) is 7.57. The molecule has 2 saturated heterocycles. The maximum absolute atomic E-state index is 12.0. The Bertz CT molecular complexity index is 848. The summed E-state index contributed by atoms with van der Waals surface area (Å²) in [6.45, 7) is 4.49. The number of sulfone groups is 1. The number of rotatable bonds is 8. The minimum absolute atomic E-state index is 0.0478. The molecule has 3 rings (SSSR count). The second kappa shape index (κ2) is 11.5. The van der Waals surface area contributed by atoms with Crippen molar-refractivity contribution in [3.8, 4) is 0 Å². The van der Waals surface area contributed by atoms with Crippen molar-refractivity contribution in [1.29, 1.82) is 0 Å². The molecule has 172 valence electrons. The number of guanidine groups is 1. The molecule has 0 aliphatic carbocycles. The number of likely N-dealkylation sites (tertiary alicyclic amines) is 1. The minimum atomic E-state index is -2.99. The van der Waals surface area contributed by atoms with E-state index in [1.807, 2.05) is 0 Å². The molecule has 0 aromatic heterocycles. The van der Waals surface area contributed by atoms with Crippen molar-refractivity contribution >= 4 is 21.7 Å². The molecule has 8 nitrogen and oxygen atoms in total. The zero-order valence-corrected chi connectivity index (χ0v) is 19.2. The Morgan fingerprint density at radius 2 is 1.81 bits per heavy atom. The van der Waals surface area contributed by atoms with Gasteiger partial charge >= 0.3 is 0 Å². The van der Waals surface area contributed by atoms with Gasteiger partial charge in [0.1, 0.15) is 0 Å². The van der Waals surface area contributed by atoms with Gasteiger partial charge in [-0.05, 0) is 43.5 Å². The number of piperidine rings is 1. The lowest BCUT2D eigenvalue weighted by atomic mass is 10.1. The molecule has 2 aliphatic rings. The second-order valence-corrected chi connectivity index (χ2v) is 10.7. The lowest BCUT2D eigenvalue weighted by Crippen LogP contribution is -2.40. The van der Waals surface area contributed by atoms with Crippen LogP contribution in [-0.2, 0) is 27.7 Å². The number of nitrogens with zero attached hydrogens (tertiary/aromatic N) is 2. The van der Waals surface area contributed by atoms with E-state index in [0.717, 1.165) is 6.54 Å². The smallest absolute Gasteiger partial charge is 0.222 e. The van der Waals surface area contributed by atoms with Gasteiger partial charge in [0.25, 0.3) is 0 Å². The van der Waals surface area contributed by atoms with Crippen LogP contribution in [0.3, 0.4) is 0 Å². The summed E-state index contributed by atoms with van der Waals surface area (Å²) < 4.78 is 22.9. The van der Waals surface area contributed by atoms with Crippen LogP contribution in [0.1, 0.15) is 43.2 Å². The van der Waals surface area contributed by atoms with E-state index in [1.54, 1.807) is 7.05 Å². The molecule has 1 atom stereocenters. The van der Waals surface area contributed by atoms with E-state index in [9.17, 15) is 13.2 Å². The van der Waals surface area contributed by atoms with Crippen LogP contribution in [-0.4, -0.2) is 69.4 Å². The number of hydrogen-bond donors (Lipinski definition) is 3. The topological polar surface area (TPSA) is 103 Å². The standard InChI is InChI=1S/C22H35N5O3S/c1-23-22(24-11-9-21(28)26-20-10-14-31(29,30)17-20)25-15-18-5-7-19(8-6-18)16-27-12-3-2-4-13-27/h5-8,20H,2-4,9-17H2,1H3,(H,26,28)(H2,23,24,25). The van der Waals surface area contributed by atoms with E-state index in [4.69, 9.17) is 0 Å². The fourth-order valence-electron chi connectivity index (χ4n) is 4.05.